The maximum Gasteiger partial charge on any atom is 0.192 e. The lowest BCUT2D eigenvalue weighted by molar-refractivity contribution is -0.148. The lowest BCUT2D eigenvalue weighted by Gasteiger charge is -2.47. The van der Waals surface area contributed by atoms with Crippen LogP contribution in [0, 0.1) is 0 Å². The SMILES string of the molecule is CCSC1(SCC)CCC[C@H]2OCCC[C@@H]2O[C@@H]1CO[Si](C)(C)C(C)(C)C. The van der Waals surface area contributed by atoms with Crippen molar-refractivity contribution >= 4 is 31.8 Å². The molecule has 27 heavy (non-hydrogen) atoms. The third-order valence-corrected chi connectivity index (χ3v) is 14.1. The van der Waals surface area contributed by atoms with Crippen molar-refractivity contribution in [2.24, 2.45) is 0 Å². The molecule has 0 aromatic carbocycles. The van der Waals surface area contributed by atoms with Gasteiger partial charge < -0.3 is 13.9 Å². The molecule has 2 fully saturated rings. The summed E-state index contributed by atoms with van der Waals surface area (Å²) in [4.78, 5) is 0. The van der Waals surface area contributed by atoms with E-state index in [1.807, 2.05) is 0 Å². The molecular formula is C21H42O3S2Si. The molecule has 160 valence electrons. The Morgan fingerprint density at radius 2 is 1.67 bits per heavy atom. The molecule has 0 saturated carbocycles. The second-order valence-corrected chi connectivity index (χ2v) is 17.6. The maximum absolute atomic E-state index is 6.86. The molecule has 2 aliphatic heterocycles. The fourth-order valence-electron chi connectivity index (χ4n) is 3.79. The fraction of sp³-hybridized carbons (Fsp3) is 1.00. The number of fused-ring (bicyclic) bond motifs is 1. The van der Waals surface area contributed by atoms with E-state index in [0.29, 0.717) is 0 Å². The van der Waals surface area contributed by atoms with E-state index >= 15 is 0 Å². The van der Waals surface area contributed by atoms with Gasteiger partial charge in [0, 0.05) is 6.61 Å². The molecule has 0 N–H and O–H groups in total. The van der Waals surface area contributed by atoms with Crippen LogP contribution in [0.4, 0.5) is 0 Å². The Kier molecular flexibility index (Phi) is 9.10. The van der Waals surface area contributed by atoms with Gasteiger partial charge in [0.1, 0.15) is 6.10 Å². The molecule has 2 rings (SSSR count). The predicted octanol–water partition coefficient (Wildman–Crippen LogP) is 6.33. The van der Waals surface area contributed by atoms with Crippen molar-refractivity contribution in [2.45, 2.75) is 107 Å². The van der Waals surface area contributed by atoms with Crippen LogP contribution in [0.3, 0.4) is 0 Å². The summed E-state index contributed by atoms with van der Waals surface area (Å²) in [6, 6.07) is 0. The summed E-state index contributed by atoms with van der Waals surface area (Å²) in [5, 5.41) is 0.226. The zero-order chi connectivity index (χ0) is 20.1. The Morgan fingerprint density at radius 1 is 1.04 bits per heavy atom. The second kappa shape index (κ2) is 10.2. The quantitative estimate of drug-likeness (QED) is 0.345. The van der Waals surface area contributed by atoms with Crippen LogP contribution < -0.4 is 0 Å². The first kappa shape index (κ1) is 24.1. The Morgan fingerprint density at radius 3 is 2.26 bits per heavy atom. The molecule has 0 aliphatic carbocycles. The van der Waals surface area contributed by atoms with Gasteiger partial charge in [-0.25, -0.2) is 0 Å². The van der Waals surface area contributed by atoms with Crippen molar-refractivity contribution < 1.29 is 13.9 Å². The van der Waals surface area contributed by atoms with Gasteiger partial charge in [0.2, 0.25) is 0 Å². The van der Waals surface area contributed by atoms with Crippen molar-refractivity contribution in [1.29, 1.82) is 0 Å². The summed E-state index contributed by atoms with van der Waals surface area (Å²) in [5.41, 5.74) is 0. The molecule has 0 unspecified atom stereocenters. The zero-order valence-corrected chi connectivity index (χ0v) is 21.3. The highest BCUT2D eigenvalue weighted by Crippen LogP contribution is 2.48. The average molecular weight is 435 g/mol. The number of hydrogen-bond donors (Lipinski definition) is 0. The van der Waals surface area contributed by atoms with Crippen molar-refractivity contribution in [3.8, 4) is 0 Å². The van der Waals surface area contributed by atoms with Crippen LogP contribution in [0.2, 0.25) is 18.1 Å². The normalized spacial score (nSPS) is 29.7. The van der Waals surface area contributed by atoms with Gasteiger partial charge in [0.25, 0.3) is 0 Å². The fourth-order valence-corrected chi connectivity index (χ4v) is 8.01. The summed E-state index contributed by atoms with van der Waals surface area (Å²) in [6.45, 7) is 17.8. The molecule has 2 saturated heterocycles. The lowest BCUT2D eigenvalue weighted by Crippen LogP contribution is -2.52. The average Bonchev–Trinajstić information content (AvgIpc) is 2.57. The lowest BCUT2D eigenvalue weighted by atomic mass is 9.96. The van der Waals surface area contributed by atoms with E-state index in [2.05, 4.69) is 71.2 Å². The Hall–Kier alpha value is 0.797. The molecular weight excluding hydrogens is 392 g/mol. The first-order valence-electron chi connectivity index (χ1n) is 10.8. The van der Waals surface area contributed by atoms with E-state index in [-0.39, 0.29) is 27.4 Å². The van der Waals surface area contributed by atoms with E-state index in [4.69, 9.17) is 13.9 Å². The van der Waals surface area contributed by atoms with Crippen LogP contribution in [0.25, 0.3) is 0 Å². The van der Waals surface area contributed by atoms with Gasteiger partial charge in [0.15, 0.2) is 8.32 Å². The summed E-state index contributed by atoms with van der Waals surface area (Å²) in [6.07, 6.45) is 6.44. The van der Waals surface area contributed by atoms with E-state index < -0.39 is 8.32 Å². The third-order valence-electron chi connectivity index (χ3n) is 6.40. The standard InChI is InChI=1S/C21H42O3S2Si/c1-8-25-21(26-9-2)14-10-12-17-18(13-11-15-22-17)24-19(21)16-23-27(6,7)20(3,4)5/h17-19H,8-16H2,1-7H3/t17-,18+,19-/m1/s1. The molecule has 6 heteroatoms. The highest BCUT2D eigenvalue weighted by Gasteiger charge is 2.46. The summed E-state index contributed by atoms with van der Waals surface area (Å²) >= 11 is 4.17. The molecule has 0 radical (unpaired) electrons. The van der Waals surface area contributed by atoms with Gasteiger partial charge in [0.05, 0.1) is 22.9 Å². The van der Waals surface area contributed by atoms with Crippen LogP contribution in [0.1, 0.15) is 66.7 Å². The zero-order valence-electron chi connectivity index (χ0n) is 18.6. The molecule has 2 aliphatic rings. The minimum Gasteiger partial charge on any atom is -0.414 e. The van der Waals surface area contributed by atoms with E-state index in [1.54, 1.807) is 0 Å². The van der Waals surface area contributed by atoms with Crippen molar-refractivity contribution in [3.05, 3.63) is 0 Å². The Balaban J connectivity index is 2.23. The van der Waals surface area contributed by atoms with Crippen LogP contribution in [-0.4, -0.2) is 55.4 Å². The summed E-state index contributed by atoms with van der Waals surface area (Å²) in [7, 11) is -1.80. The van der Waals surface area contributed by atoms with Crippen LogP contribution >= 0.6 is 23.5 Å². The molecule has 0 aromatic rings. The molecule has 2 heterocycles. The summed E-state index contributed by atoms with van der Waals surface area (Å²) < 4.78 is 19.7. The van der Waals surface area contributed by atoms with Crippen molar-refractivity contribution in [1.82, 2.24) is 0 Å². The molecule has 3 atom stereocenters. The van der Waals surface area contributed by atoms with Gasteiger partial charge in [-0.15, -0.1) is 23.5 Å². The predicted molar refractivity (Wildman–Crippen MR) is 124 cm³/mol. The van der Waals surface area contributed by atoms with Gasteiger partial charge >= 0.3 is 0 Å². The van der Waals surface area contributed by atoms with E-state index in [1.165, 1.54) is 12.8 Å². The van der Waals surface area contributed by atoms with E-state index in [9.17, 15) is 0 Å². The van der Waals surface area contributed by atoms with Crippen LogP contribution in [0.15, 0.2) is 0 Å². The number of thioether (sulfide) groups is 2. The first-order chi connectivity index (χ1) is 12.6. The van der Waals surface area contributed by atoms with Crippen LogP contribution in [-0.2, 0) is 13.9 Å². The minimum absolute atomic E-state index is 0.105. The van der Waals surface area contributed by atoms with E-state index in [0.717, 1.165) is 44.0 Å². The smallest absolute Gasteiger partial charge is 0.192 e. The Labute approximate surface area is 177 Å². The first-order valence-corrected chi connectivity index (χ1v) is 15.7. The maximum atomic E-state index is 6.86. The second-order valence-electron chi connectivity index (χ2n) is 9.36. The Bertz CT molecular complexity index is 447. The van der Waals surface area contributed by atoms with Gasteiger partial charge in [-0.1, -0.05) is 34.6 Å². The monoisotopic (exact) mass is 434 g/mol. The molecule has 0 aromatic heterocycles. The molecule has 0 amide bonds. The van der Waals surface area contributed by atoms with Gasteiger partial charge in [-0.2, -0.15) is 0 Å². The number of ether oxygens (including phenoxy) is 2. The molecule has 0 bridgehead atoms. The number of rotatable bonds is 7. The van der Waals surface area contributed by atoms with Gasteiger partial charge in [-0.3, -0.25) is 0 Å². The highest BCUT2D eigenvalue weighted by atomic mass is 32.2. The largest absolute Gasteiger partial charge is 0.414 e. The highest BCUT2D eigenvalue weighted by molar-refractivity contribution is 8.18. The number of hydrogen-bond acceptors (Lipinski definition) is 5. The topological polar surface area (TPSA) is 27.7 Å². The minimum atomic E-state index is -1.80. The van der Waals surface area contributed by atoms with Crippen molar-refractivity contribution in [3.63, 3.8) is 0 Å². The van der Waals surface area contributed by atoms with Crippen LogP contribution in [0.5, 0.6) is 0 Å². The molecule has 0 spiro atoms. The molecule has 3 nitrogen and oxygen atoms in total. The third kappa shape index (κ3) is 6.14. The van der Waals surface area contributed by atoms with Gasteiger partial charge in [-0.05, 0) is 61.7 Å². The summed E-state index contributed by atoms with van der Waals surface area (Å²) in [5.74, 6) is 2.25. The van der Waals surface area contributed by atoms with Crippen molar-refractivity contribution in [2.75, 3.05) is 24.7 Å².